The van der Waals surface area contributed by atoms with E-state index < -0.39 is 5.91 Å². The molecule has 0 saturated heterocycles. The van der Waals surface area contributed by atoms with Crippen molar-refractivity contribution in [3.63, 3.8) is 0 Å². The average Bonchev–Trinajstić information content (AvgIpc) is 2.90. The Hall–Kier alpha value is -3.61. The molecule has 4 N–H and O–H groups in total. The van der Waals surface area contributed by atoms with Crippen molar-refractivity contribution in [3.8, 4) is 11.4 Å². The number of aromatic nitrogens is 3. The number of methoxy groups -OCH3 is 1. The van der Waals surface area contributed by atoms with Crippen molar-refractivity contribution in [2.45, 2.75) is 0 Å². The molecule has 0 radical (unpaired) electrons. The van der Waals surface area contributed by atoms with Gasteiger partial charge in [0.05, 0.1) is 23.8 Å². The third-order valence-electron chi connectivity index (χ3n) is 4.06. The Balaban J connectivity index is 2.14. The largest absolute Gasteiger partial charge is 0.497 e. The predicted molar refractivity (Wildman–Crippen MR) is 95.9 cm³/mol. The summed E-state index contributed by atoms with van der Waals surface area (Å²) in [6.07, 6.45) is 0. The second-order valence-electron chi connectivity index (χ2n) is 5.55. The molecule has 2 aromatic heterocycles. The van der Waals surface area contributed by atoms with Crippen LogP contribution in [0.3, 0.4) is 0 Å². The topological polar surface area (TPSA) is 109 Å². The van der Waals surface area contributed by atoms with Gasteiger partial charge in [0, 0.05) is 6.07 Å². The molecule has 124 valence electrons. The fraction of sp³-hybridized carbons (Fsp3) is 0.0556. The van der Waals surface area contributed by atoms with Crippen LogP contribution in [-0.4, -0.2) is 27.6 Å². The molecular formula is C18H15N5O2. The van der Waals surface area contributed by atoms with Gasteiger partial charge in [0.2, 0.25) is 0 Å². The lowest BCUT2D eigenvalue weighted by atomic mass is 10.2. The smallest absolute Gasteiger partial charge is 0.254 e. The van der Waals surface area contributed by atoms with E-state index in [1.807, 2.05) is 42.5 Å². The van der Waals surface area contributed by atoms with Crippen LogP contribution in [0.1, 0.15) is 10.4 Å². The molecule has 0 aliphatic heterocycles. The average molecular weight is 333 g/mol. The first kappa shape index (κ1) is 14.9. The zero-order valence-electron chi connectivity index (χ0n) is 13.4. The second-order valence-corrected chi connectivity index (χ2v) is 5.55. The lowest BCUT2D eigenvalue weighted by Crippen LogP contribution is -2.13. The van der Waals surface area contributed by atoms with E-state index in [1.54, 1.807) is 17.7 Å². The lowest BCUT2D eigenvalue weighted by Gasteiger charge is -2.09. The summed E-state index contributed by atoms with van der Waals surface area (Å²) in [7, 11) is 1.58. The molecule has 0 saturated carbocycles. The summed E-state index contributed by atoms with van der Waals surface area (Å²) in [6, 6.07) is 14.7. The molecule has 7 heteroatoms. The summed E-state index contributed by atoms with van der Waals surface area (Å²) >= 11 is 0. The minimum absolute atomic E-state index is 0.163. The number of primary amides is 1. The van der Waals surface area contributed by atoms with E-state index in [0.29, 0.717) is 33.6 Å². The normalized spacial score (nSPS) is 11.1. The number of nitrogen functional groups attached to an aromatic ring is 1. The number of carbonyl (C=O) groups is 1. The number of ether oxygens (including phenoxy) is 1. The third kappa shape index (κ3) is 2.25. The number of carbonyl (C=O) groups excluding carboxylic acids is 1. The first-order chi connectivity index (χ1) is 12.1. The SMILES string of the molecule is COc1cccc(-n2c(N)c(C(N)=O)c3nc4ccccc4nc32)c1. The number of nitrogens with two attached hydrogens (primary N) is 2. The van der Waals surface area contributed by atoms with E-state index in [-0.39, 0.29) is 11.4 Å². The van der Waals surface area contributed by atoms with Crippen molar-refractivity contribution in [2.75, 3.05) is 12.8 Å². The number of anilines is 1. The van der Waals surface area contributed by atoms with Gasteiger partial charge in [0.25, 0.3) is 5.91 Å². The third-order valence-corrected chi connectivity index (χ3v) is 4.06. The van der Waals surface area contributed by atoms with Gasteiger partial charge in [-0.15, -0.1) is 0 Å². The Labute approximate surface area is 142 Å². The van der Waals surface area contributed by atoms with Crippen LogP contribution in [0.2, 0.25) is 0 Å². The number of rotatable bonds is 3. The Morgan fingerprint density at radius 2 is 1.80 bits per heavy atom. The molecule has 4 aromatic rings. The standard InChI is InChI=1S/C18H15N5O2/c1-25-11-6-4-5-10(9-11)23-16(19)14(17(20)24)15-18(23)22-13-8-3-2-7-12(13)21-15/h2-9H,19H2,1H3,(H2,20,24). The maximum Gasteiger partial charge on any atom is 0.254 e. The number of hydrogen-bond donors (Lipinski definition) is 2. The number of hydrogen-bond acceptors (Lipinski definition) is 5. The van der Waals surface area contributed by atoms with Gasteiger partial charge in [-0.3, -0.25) is 9.36 Å². The fourth-order valence-corrected chi connectivity index (χ4v) is 2.92. The van der Waals surface area contributed by atoms with Crippen LogP contribution in [-0.2, 0) is 0 Å². The molecule has 25 heavy (non-hydrogen) atoms. The zero-order valence-corrected chi connectivity index (χ0v) is 13.4. The van der Waals surface area contributed by atoms with Gasteiger partial charge in [-0.2, -0.15) is 0 Å². The van der Waals surface area contributed by atoms with Gasteiger partial charge in [0.1, 0.15) is 22.6 Å². The molecule has 0 aliphatic carbocycles. The zero-order chi connectivity index (χ0) is 17.6. The summed E-state index contributed by atoms with van der Waals surface area (Å²) in [5.41, 5.74) is 14.9. The van der Waals surface area contributed by atoms with E-state index in [9.17, 15) is 4.79 Å². The Morgan fingerprint density at radius 3 is 2.48 bits per heavy atom. The number of para-hydroxylation sites is 2. The summed E-state index contributed by atoms with van der Waals surface area (Å²) < 4.78 is 6.94. The van der Waals surface area contributed by atoms with Gasteiger partial charge >= 0.3 is 0 Å². The maximum absolute atomic E-state index is 12.0. The minimum Gasteiger partial charge on any atom is -0.497 e. The Kier molecular flexibility index (Phi) is 3.28. The van der Waals surface area contributed by atoms with Crippen molar-refractivity contribution < 1.29 is 9.53 Å². The Morgan fingerprint density at radius 1 is 1.08 bits per heavy atom. The van der Waals surface area contributed by atoms with Crippen LogP contribution in [0.5, 0.6) is 5.75 Å². The number of fused-ring (bicyclic) bond motifs is 2. The first-order valence-electron chi connectivity index (χ1n) is 7.61. The van der Waals surface area contributed by atoms with Gasteiger partial charge < -0.3 is 16.2 Å². The summed E-state index contributed by atoms with van der Waals surface area (Å²) in [5, 5.41) is 0. The van der Waals surface area contributed by atoms with Crippen molar-refractivity contribution >= 4 is 33.9 Å². The first-order valence-corrected chi connectivity index (χ1v) is 7.61. The highest BCUT2D eigenvalue weighted by Gasteiger charge is 2.23. The monoisotopic (exact) mass is 333 g/mol. The van der Waals surface area contributed by atoms with Crippen LogP contribution >= 0.6 is 0 Å². The highest BCUT2D eigenvalue weighted by Crippen LogP contribution is 2.31. The molecule has 0 spiro atoms. The Bertz CT molecular complexity index is 1130. The summed E-state index contributed by atoms with van der Waals surface area (Å²) in [5.74, 6) is 0.216. The number of benzene rings is 2. The highest BCUT2D eigenvalue weighted by molar-refractivity contribution is 6.10. The van der Waals surface area contributed by atoms with Crippen molar-refractivity contribution in [2.24, 2.45) is 5.73 Å². The van der Waals surface area contributed by atoms with Crippen molar-refractivity contribution in [3.05, 3.63) is 54.1 Å². The van der Waals surface area contributed by atoms with Crippen molar-refractivity contribution in [1.29, 1.82) is 0 Å². The molecule has 0 bridgehead atoms. The second kappa shape index (κ2) is 5.48. The highest BCUT2D eigenvalue weighted by atomic mass is 16.5. The molecular weight excluding hydrogens is 318 g/mol. The molecule has 0 atom stereocenters. The van der Waals surface area contributed by atoms with Crippen LogP contribution < -0.4 is 16.2 Å². The molecule has 0 aliphatic rings. The number of nitrogens with zero attached hydrogens (tertiary/aromatic N) is 3. The van der Waals surface area contributed by atoms with Gasteiger partial charge in [-0.1, -0.05) is 18.2 Å². The fourth-order valence-electron chi connectivity index (χ4n) is 2.92. The maximum atomic E-state index is 12.0. The van der Waals surface area contributed by atoms with Crippen LogP contribution in [0.25, 0.3) is 27.9 Å². The molecule has 4 rings (SSSR count). The molecule has 7 nitrogen and oxygen atoms in total. The van der Waals surface area contributed by atoms with Gasteiger partial charge in [-0.05, 0) is 24.3 Å². The van der Waals surface area contributed by atoms with Crippen LogP contribution in [0.4, 0.5) is 5.82 Å². The van der Waals surface area contributed by atoms with E-state index >= 15 is 0 Å². The lowest BCUT2D eigenvalue weighted by molar-refractivity contribution is 0.100. The van der Waals surface area contributed by atoms with E-state index in [2.05, 4.69) is 9.97 Å². The quantitative estimate of drug-likeness (QED) is 0.598. The van der Waals surface area contributed by atoms with Gasteiger partial charge in [-0.25, -0.2) is 9.97 Å². The molecule has 2 heterocycles. The molecule has 1 amide bonds. The van der Waals surface area contributed by atoms with Gasteiger partial charge in [0.15, 0.2) is 5.65 Å². The van der Waals surface area contributed by atoms with Crippen molar-refractivity contribution in [1.82, 2.24) is 14.5 Å². The number of amides is 1. The molecule has 0 unspecified atom stereocenters. The van der Waals surface area contributed by atoms with Crippen LogP contribution in [0.15, 0.2) is 48.5 Å². The van der Waals surface area contributed by atoms with Crippen LogP contribution in [0, 0.1) is 0 Å². The van der Waals surface area contributed by atoms with E-state index in [1.165, 1.54) is 0 Å². The molecule has 2 aromatic carbocycles. The van der Waals surface area contributed by atoms with E-state index in [0.717, 1.165) is 0 Å². The predicted octanol–water partition coefficient (Wildman–Crippen LogP) is 2.26. The summed E-state index contributed by atoms with van der Waals surface area (Å²) in [6.45, 7) is 0. The molecule has 0 fully saturated rings. The summed E-state index contributed by atoms with van der Waals surface area (Å²) in [4.78, 5) is 21.2. The minimum atomic E-state index is -0.645. The van der Waals surface area contributed by atoms with E-state index in [4.69, 9.17) is 16.2 Å².